The van der Waals surface area contributed by atoms with Crippen molar-refractivity contribution in [2.24, 2.45) is 11.1 Å². The maximum atomic E-state index is 13.5. The molecule has 2 heterocycles. The quantitative estimate of drug-likeness (QED) is 0.637. The topological polar surface area (TPSA) is 103 Å². The SMILES string of the molecule is CN(C)c1cc2c(cc1Cl)N(CC(N)=O)CC(C(=O)N1CCC(C#N)(Cc3ccc(F)cc3)CC1)O2. The third-order valence-electron chi connectivity index (χ3n) is 6.85. The minimum Gasteiger partial charge on any atom is -0.476 e. The monoisotopic (exact) mass is 513 g/mol. The number of fused-ring (bicyclic) bond motifs is 1. The second-order valence-electron chi connectivity index (χ2n) is 9.64. The van der Waals surface area contributed by atoms with E-state index in [0.717, 1.165) is 11.3 Å². The van der Waals surface area contributed by atoms with E-state index in [-0.39, 0.29) is 24.8 Å². The molecule has 1 fully saturated rings. The molecule has 2 amide bonds. The van der Waals surface area contributed by atoms with Gasteiger partial charge in [0.15, 0.2) is 6.10 Å². The van der Waals surface area contributed by atoms with E-state index < -0.39 is 17.4 Å². The summed E-state index contributed by atoms with van der Waals surface area (Å²) in [7, 11) is 3.70. The van der Waals surface area contributed by atoms with Crippen LogP contribution in [0.15, 0.2) is 36.4 Å². The van der Waals surface area contributed by atoms with E-state index in [0.29, 0.717) is 48.8 Å². The molecule has 0 spiro atoms. The van der Waals surface area contributed by atoms with Crippen LogP contribution in [0.1, 0.15) is 18.4 Å². The number of halogens is 2. The zero-order valence-electron chi connectivity index (χ0n) is 20.3. The van der Waals surface area contributed by atoms with E-state index in [9.17, 15) is 19.2 Å². The number of rotatable bonds is 6. The van der Waals surface area contributed by atoms with Crippen LogP contribution in [0.2, 0.25) is 5.02 Å². The lowest BCUT2D eigenvalue weighted by molar-refractivity contribution is -0.140. The average molecular weight is 514 g/mol. The average Bonchev–Trinajstić information content (AvgIpc) is 2.85. The maximum absolute atomic E-state index is 13.5. The number of ether oxygens (including phenoxy) is 1. The van der Waals surface area contributed by atoms with E-state index in [2.05, 4.69) is 6.07 Å². The van der Waals surface area contributed by atoms with Crippen molar-refractivity contribution < 1.29 is 18.7 Å². The van der Waals surface area contributed by atoms with Crippen molar-refractivity contribution in [2.75, 3.05) is 50.1 Å². The maximum Gasteiger partial charge on any atom is 0.265 e. The Hall–Kier alpha value is -3.51. The van der Waals surface area contributed by atoms with E-state index in [1.165, 1.54) is 12.1 Å². The molecule has 2 aromatic rings. The number of piperidine rings is 1. The highest BCUT2D eigenvalue weighted by molar-refractivity contribution is 6.33. The molecule has 0 radical (unpaired) electrons. The molecule has 2 aliphatic rings. The van der Waals surface area contributed by atoms with E-state index in [1.807, 2.05) is 19.0 Å². The molecule has 10 heteroatoms. The highest BCUT2D eigenvalue weighted by Gasteiger charge is 2.40. The van der Waals surface area contributed by atoms with Gasteiger partial charge < -0.3 is 25.2 Å². The Balaban J connectivity index is 1.49. The molecule has 0 saturated carbocycles. The van der Waals surface area contributed by atoms with Crippen LogP contribution in [0.25, 0.3) is 0 Å². The van der Waals surface area contributed by atoms with Crippen molar-refractivity contribution in [1.82, 2.24) is 4.90 Å². The second kappa shape index (κ2) is 10.2. The fourth-order valence-electron chi connectivity index (χ4n) is 4.85. The predicted octanol–water partition coefficient (Wildman–Crippen LogP) is 2.97. The minimum atomic E-state index is -0.834. The molecule has 2 aliphatic heterocycles. The Bertz CT molecular complexity index is 1190. The number of nitriles is 1. The highest BCUT2D eigenvalue weighted by Crippen LogP contribution is 2.41. The first-order valence-corrected chi connectivity index (χ1v) is 12.1. The summed E-state index contributed by atoms with van der Waals surface area (Å²) >= 11 is 6.42. The Kier molecular flexibility index (Phi) is 7.27. The van der Waals surface area contributed by atoms with E-state index in [4.69, 9.17) is 22.1 Å². The first-order chi connectivity index (χ1) is 17.1. The van der Waals surface area contributed by atoms with Gasteiger partial charge in [-0.1, -0.05) is 23.7 Å². The number of nitrogens with two attached hydrogens (primary N) is 1. The van der Waals surface area contributed by atoms with Crippen LogP contribution < -0.4 is 20.3 Å². The molecule has 0 aromatic heterocycles. The van der Waals surface area contributed by atoms with Crippen molar-refractivity contribution in [3.63, 3.8) is 0 Å². The molecular weight excluding hydrogens is 485 g/mol. The van der Waals surface area contributed by atoms with Crippen LogP contribution in [0.5, 0.6) is 5.75 Å². The Morgan fingerprint density at radius 1 is 1.25 bits per heavy atom. The molecule has 0 aliphatic carbocycles. The molecule has 8 nitrogen and oxygen atoms in total. The van der Waals surface area contributed by atoms with Crippen molar-refractivity contribution in [2.45, 2.75) is 25.4 Å². The fraction of sp³-hybridized carbons (Fsp3) is 0.423. The van der Waals surface area contributed by atoms with Gasteiger partial charge >= 0.3 is 0 Å². The lowest BCUT2D eigenvalue weighted by Crippen LogP contribution is -2.54. The number of hydrogen-bond donors (Lipinski definition) is 1. The summed E-state index contributed by atoms with van der Waals surface area (Å²) in [6, 6.07) is 12.1. The zero-order chi connectivity index (χ0) is 26.0. The largest absolute Gasteiger partial charge is 0.476 e. The van der Waals surface area contributed by atoms with Crippen LogP contribution in [0, 0.1) is 22.6 Å². The van der Waals surface area contributed by atoms with Gasteiger partial charge in [0.1, 0.15) is 11.6 Å². The van der Waals surface area contributed by atoms with Gasteiger partial charge in [-0.05, 0) is 43.0 Å². The first kappa shape index (κ1) is 25.6. The van der Waals surface area contributed by atoms with Gasteiger partial charge in [0.2, 0.25) is 5.91 Å². The van der Waals surface area contributed by atoms with Crippen molar-refractivity contribution in [1.29, 1.82) is 5.26 Å². The molecule has 4 rings (SSSR count). The molecule has 0 bridgehead atoms. The normalized spacial score (nSPS) is 18.6. The number of anilines is 2. The summed E-state index contributed by atoms with van der Waals surface area (Å²) in [5.74, 6) is -0.595. The number of amides is 2. The number of carbonyl (C=O) groups is 2. The van der Waals surface area contributed by atoms with Crippen molar-refractivity contribution >= 4 is 34.8 Å². The van der Waals surface area contributed by atoms with E-state index in [1.54, 1.807) is 34.1 Å². The number of primary amides is 1. The third-order valence-corrected chi connectivity index (χ3v) is 7.16. The molecule has 1 unspecified atom stereocenters. The highest BCUT2D eigenvalue weighted by atomic mass is 35.5. The minimum absolute atomic E-state index is 0.0764. The number of hydrogen-bond acceptors (Lipinski definition) is 6. The molecular formula is C26H29ClFN5O3. The van der Waals surface area contributed by atoms with Gasteiger partial charge in [0.25, 0.3) is 5.91 Å². The van der Waals surface area contributed by atoms with Gasteiger partial charge in [0, 0.05) is 33.3 Å². The van der Waals surface area contributed by atoms with E-state index >= 15 is 0 Å². The lowest BCUT2D eigenvalue weighted by atomic mass is 9.75. The molecule has 36 heavy (non-hydrogen) atoms. The second-order valence-corrected chi connectivity index (χ2v) is 10.0. The molecule has 2 aromatic carbocycles. The molecule has 2 N–H and O–H groups in total. The summed E-state index contributed by atoms with van der Waals surface area (Å²) in [6.07, 6.45) is 0.669. The molecule has 190 valence electrons. The van der Waals surface area contributed by atoms with Crippen LogP contribution in [0.3, 0.4) is 0 Å². The summed E-state index contributed by atoms with van der Waals surface area (Å²) in [6.45, 7) is 0.883. The fourth-order valence-corrected chi connectivity index (χ4v) is 5.18. The van der Waals surface area contributed by atoms with Gasteiger partial charge in [0.05, 0.1) is 41.0 Å². The Morgan fingerprint density at radius 3 is 2.50 bits per heavy atom. The number of nitrogens with zero attached hydrogens (tertiary/aromatic N) is 4. The van der Waals surface area contributed by atoms with Crippen LogP contribution >= 0.6 is 11.6 Å². The van der Waals surface area contributed by atoms with Gasteiger partial charge in [-0.2, -0.15) is 5.26 Å². The number of benzene rings is 2. The first-order valence-electron chi connectivity index (χ1n) is 11.8. The number of carbonyl (C=O) groups excluding carboxylic acids is 2. The third kappa shape index (κ3) is 5.34. The van der Waals surface area contributed by atoms with Crippen LogP contribution in [-0.4, -0.2) is 63.1 Å². The summed E-state index contributed by atoms with van der Waals surface area (Å²) in [5.41, 5.74) is 7.07. The Morgan fingerprint density at radius 2 is 1.92 bits per heavy atom. The lowest BCUT2D eigenvalue weighted by Gasteiger charge is -2.41. The van der Waals surface area contributed by atoms with Gasteiger partial charge in [-0.15, -0.1) is 0 Å². The van der Waals surface area contributed by atoms with Crippen molar-refractivity contribution in [3.8, 4) is 11.8 Å². The summed E-state index contributed by atoms with van der Waals surface area (Å²) in [5, 5.41) is 10.4. The van der Waals surface area contributed by atoms with Gasteiger partial charge in [-0.25, -0.2) is 4.39 Å². The summed E-state index contributed by atoms with van der Waals surface area (Å²) < 4.78 is 19.4. The summed E-state index contributed by atoms with van der Waals surface area (Å²) in [4.78, 5) is 30.5. The van der Waals surface area contributed by atoms with Crippen molar-refractivity contribution in [3.05, 3.63) is 52.8 Å². The van der Waals surface area contributed by atoms with Crippen LogP contribution in [-0.2, 0) is 16.0 Å². The molecule has 1 saturated heterocycles. The molecule has 1 atom stereocenters. The standard InChI is InChI=1S/C26H29ClFN5O3/c1-31(2)20-12-22-21(11-19(20)27)33(15-24(30)34)14-23(36-22)25(35)32-9-7-26(16-29,8-10-32)13-17-3-5-18(28)6-4-17/h3-6,11-12,23H,7-10,13-15H2,1-2H3,(H2,30,34). The Labute approximate surface area is 215 Å². The van der Waals surface area contributed by atoms with Crippen LogP contribution in [0.4, 0.5) is 15.8 Å². The zero-order valence-corrected chi connectivity index (χ0v) is 21.1. The van der Waals surface area contributed by atoms with Gasteiger partial charge in [-0.3, -0.25) is 9.59 Å². The smallest absolute Gasteiger partial charge is 0.265 e. The predicted molar refractivity (Wildman–Crippen MR) is 136 cm³/mol. The number of likely N-dealkylation sites (tertiary alicyclic amines) is 1.